The third-order valence-corrected chi connectivity index (χ3v) is 3.29. The Morgan fingerprint density at radius 1 is 1.69 bits per heavy atom. The van der Waals surface area contributed by atoms with Crippen molar-refractivity contribution < 1.29 is 4.79 Å². The Labute approximate surface area is 103 Å². The van der Waals surface area contributed by atoms with Crippen LogP contribution in [0.25, 0.3) is 0 Å². The number of carbonyl (C=O) groups excluding carboxylic acids is 1. The maximum absolute atomic E-state index is 11.8. The fraction of sp³-hybridized carbons (Fsp3) is 0.333. The number of halogens is 1. The molecule has 3 nitrogen and oxygen atoms in total. The number of amides is 1. The largest absolute Gasteiger partial charge is 0.308 e. The highest BCUT2D eigenvalue weighted by Gasteiger charge is 2.31. The highest BCUT2D eigenvalue weighted by atomic mass is 79.9. The molecular formula is C12H11BrN2O. The number of nitrogens with zero attached hydrogens (tertiary/aromatic N) is 2. The van der Waals surface area contributed by atoms with Crippen molar-refractivity contribution in [1.29, 1.82) is 0 Å². The smallest absolute Gasteiger partial charge is 0.228 e. The Hall–Kier alpha value is -1.34. The topological polar surface area (TPSA) is 33.2 Å². The van der Waals surface area contributed by atoms with Gasteiger partial charge in [-0.1, -0.05) is 0 Å². The first kappa shape index (κ1) is 11.2. The average Bonchev–Trinajstić information content (AvgIpc) is 2.60. The predicted octanol–water partition coefficient (Wildman–Crippen LogP) is 2.14. The molecule has 2 heterocycles. The minimum Gasteiger partial charge on any atom is -0.308 e. The quantitative estimate of drug-likeness (QED) is 0.583. The van der Waals surface area contributed by atoms with E-state index in [0.717, 1.165) is 11.3 Å². The van der Waals surface area contributed by atoms with Gasteiger partial charge in [-0.05, 0) is 34.5 Å². The highest BCUT2D eigenvalue weighted by Crippen LogP contribution is 2.32. The molecule has 4 heteroatoms. The number of pyridine rings is 1. The lowest BCUT2D eigenvalue weighted by Gasteiger charge is -2.19. The predicted molar refractivity (Wildman–Crippen MR) is 66.0 cm³/mol. The minimum absolute atomic E-state index is 0.0130. The zero-order valence-electron chi connectivity index (χ0n) is 8.90. The molecule has 0 aliphatic carbocycles. The van der Waals surface area contributed by atoms with Crippen LogP contribution >= 0.6 is 15.9 Å². The van der Waals surface area contributed by atoms with E-state index in [1.807, 2.05) is 13.0 Å². The van der Waals surface area contributed by atoms with Crippen molar-refractivity contribution in [2.45, 2.75) is 13.3 Å². The third-order valence-electron chi connectivity index (χ3n) is 2.71. The number of carbonyl (C=O) groups is 1. The zero-order chi connectivity index (χ0) is 11.7. The van der Waals surface area contributed by atoms with Gasteiger partial charge in [0, 0.05) is 25.1 Å². The number of terminal acetylenes is 1. The van der Waals surface area contributed by atoms with E-state index in [1.165, 1.54) is 0 Å². The van der Waals surface area contributed by atoms with E-state index < -0.39 is 0 Å². The van der Waals surface area contributed by atoms with Crippen molar-refractivity contribution in [3.8, 4) is 12.3 Å². The number of hydrogen-bond acceptors (Lipinski definition) is 2. The summed E-state index contributed by atoms with van der Waals surface area (Å²) >= 11 is 3.37. The second-order valence-electron chi connectivity index (χ2n) is 3.84. The van der Waals surface area contributed by atoms with Crippen molar-refractivity contribution in [2.75, 3.05) is 11.4 Å². The molecule has 1 aliphatic heterocycles. The molecule has 1 aromatic heterocycles. The zero-order valence-corrected chi connectivity index (χ0v) is 10.5. The molecule has 1 aliphatic rings. The van der Waals surface area contributed by atoms with Gasteiger partial charge in [-0.3, -0.25) is 4.79 Å². The van der Waals surface area contributed by atoms with Gasteiger partial charge in [0.2, 0.25) is 5.91 Å². The number of aromatic nitrogens is 1. The molecule has 1 aromatic rings. The Bertz CT molecular complexity index is 458. The summed E-state index contributed by atoms with van der Waals surface area (Å²) in [5, 5.41) is 0. The first-order valence-corrected chi connectivity index (χ1v) is 5.80. The van der Waals surface area contributed by atoms with Crippen LogP contribution in [0.4, 0.5) is 5.69 Å². The van der Waals surface area contributed by atoms with Crippen LogP contribution in [-0.4, -0.2) is 17.4 Å². The van der Waals surface area contributed by atoms with Crippen LogP contribution < -0.4 is 4.90 Å². The Morgan fingerprint density at radius 2 is 2.44 bits per heavy atom. The molecular weight excluding hydrogens is 268 g/mol. The van der Waals surface area contributed by atoms with Crippen LogP contribution in [0.15, 0.2) is 16.9 Å². The number of hydrogen-bond donors (Lipinski definition) is 0. The summed E-state index contributed by atoms with van der Waals surface area (Å²) in [5.74, 6) is 2.72. The lowest BCUT2D eigenvalue weighted by Crippen LogP contribution is -2.25. The summed E-state index contributed by atoms with van der Waals surface area (Å²) in [6.07, 6.45) is 7.49. The van der Waals surface area contributed by atoms with Gasteiger partial charge in [-0.25, -0.2) is 4.98 Å². The molecule has 0 saturated carbocycles. The van der Waals surface area contributed by atoms with E-state index in [2.05, 4.69) is 26.8 Å². The molecule has 0 aromatic carbocycles. The van der Waals surface area contributed by atoms with Crippen LogP contribution in [0.2, 0.25) is 0 Å². The van der Waals surface area contributed by atoms with Crippen molar-refractivity contribution in [1.82, 2.24) is 4.98 Å². The lowest BCUT2D eigenvalue weighted by atomic mass is 10.1. The first-order valence-electron chi connectivity index (χ1n) is 5.01. The minimum atomic E-state index is 0.0130. The molecule has 0 spiro atoms. The molecule has 1 amide bonds. The van der Waals surface area contributed by atoms with Crippen LogP contribution in [0.1, 0.15) is 12.0 Å². The standard InChI is InChI=1S/C12H11BrN2O/c1-3-9-6-10(16)15(7-9)11-8(2)4-5-14-12(11)13/h1,4-5,9H,6-7H2,2H3. The van der Waals surface area contributed by atoms with Crippen LogP contribution in [0.3, 0.4) is 0 Å². The maximum atomic E-state index is 11.8. The van der Waals surface area contributed by atoms with Crippen molar-refractivity contribution >= 4 is 27.5 Å². The van der Waals surface area contributed by atoms with Crippen LogP contribution in [0.5, 0.6) is 0 Å². The number of rotatable bonds is 1. The summed E-state index contributed by atoms with van der Waals surface area (Å²) in [6.45, 7) is 2.54. The van der Waals surface area contributed by atoms with E-state index in [-0.39, 0.29) is 11.8 Å². The van der Waals surface area contributed by atoms with Gasteiger partial charge in [0.25, 0.3) is 0 Å². The third kappa shape index (κ3) is 1.83. The Morgan fingerprint density at radius 3 is 3.00 bits per heavy atom. The van der Waals surface area contributed by atoms with Crippen molar-refractivity contribution in [3.05, 3.63) is 22.4 Å². The lowest BCUT2D eigenvalue weighted by molar-refractivity contribution is -0.117. The fourth-order valence-corrected chi connectivity index (χ4v) is 2.52. The van der Waals surface area contributed by atoms with E-state index in [1.54, 1.807) is 11.1 Å². The maximum Gasteiger partial charge on any atom is 0.228 e. The van der Waals surface area contributed by atoms with E-state index >= 15 is 0 Å². The molecule has 2 rings (SSSR count). The second kappa shape index (κ2) is 4.26. The summed E-state index contributed by atoms with van der Waals surface area (Å²) < 4.78 is 0.693. The summed E-state index contributed by atoms with van der Waals surface area (Å²) in [5.41, 5.74) is 1.86. The molecule has 1 atom stereocenters. The number of anilines is 1. The van der Waals surface area contributed by atoms with Gasteiger partial charge < -0.3 is 4.90 Å². The SMILES string of the molecule is C#CC1CC(=O)N(c2c(C)ccnc2Br)C1. The Balaban J connectivity index is 2.39. The highest BCUT2D eigenvalue weighted by molar-refractivity contribution is 9.10. The van der Waals surface area contributed by atoms with Crippen molar-refractivity contribution in [3.63, 3.8) is 0 Å². The van der Waals surface area contributed by atoms with Crippen LogP contribution in [-0.2, 0) is 4.79 Å². The van der Waals surface area contributed by atoms with E-state index in [9.17, 15) is 4.79 Å². The molecule has 0 N–H and O–H groups in total. The van der Waals surface area contributed by atoms with Gasteiger partial charge in [0.1, 0.15) is 4.60 Å². The molecule has 82 valence electrons. The fourth-order valence-electron chi connectivity index (χ4n) is 1.88. The molecule has 16 heavy (non-hydrogen) atoms. The van der Waals surface area contributed by atoms with E-state index in [0.29, 0.717) is 17.6 Å². The van der Waals surface area contributed by atoms with Gasteiger partial charge in [-0.15, -0.1) is 12.3 Å². The van der Waals surface area contributed by atoms with Gasteiger partial charge >= 0.3 is 0 Å². The molecule has 1 fully saturated rings. The van der Waals surface area contributed by atoms with Crippen LogP contribution in [0, 0.1) is 25.2 Å². The molecule has 0 radical (unpaired) electrons. The molecule has 1 saturated heterocycles. The van der Waals surface area contributed by atoms with Gasteiger partial charge in [0.15, 0.2) is 0 Å². The van der Waals surface area contributed by atoms with Crippen molar-refractivity contribution in [2.24, 2.45) is 5.92 Å². The summed E-state index contributed by atoms with van der Waals surface area (Å²) in [4.78, 5) is 17.7. The number of aryl methyl sites for hydroxylation is 1. The van der Waals surface area contributed by atoms with Gasteiger partial charge in [-0.2, -0.15) is 0 Å². The van der Waals surface area contributed by atoms with E-state index in [4.69, 9.17) is 6.42 Å². The molecule has 1 unspecified atom stereocenters. The normalized spacial score (nSPS) is 19.9. The van der Waals surface area contributed by atoms with Gasteiger partial charge in [0.05, 0.1) is 5.69 Å². The monoisotopic (exact) mass is 278 g/mol. The summed E-state index contributed by atoms with van der Waals surface area (Å²) in [6, 6.07) is 1.89. The summed E-state index contributed by atoms with van der Waals surface area (Å²) in [7, 11) is 0. The average molecular weight is 279 g/mol. The molecule has 0 bridgehead atoms. The Kier molecular flexibility index (Phi) is 2.97. The first-order chi connectivity index (χ1) is 7.63. The second-order valence-corrected chi connectivity index (χ2v) is 4.59.